The monoisotopic (exact) mass is 301 g/mol. The first-order chi connectivity index (χ1) is 10.5. The van der Waals surface area contributed by atoms with Crippen LogP contribution in [0.3, 0.4) is 0 Å². The zero-order valence-electron chi connectivity index (χ0n) is 14.1. The van der Waals surface area contributed by atoms with Gasteiger partial charge in [-0.1, -0.05) is 27.7 Å². The quantitative estimate of drug-likeness (QED) is 0.932. The number of fused-ring (bicyclic) bond motifs is 1. The SMILES string of the molecule is CC(C)c1nn(C2CCC(C(C)C)CC2)c2ncnc(N)c12. The van der Waals surface area contributed by atoms with Gasteiger partial charge in [0.05, 0.1) is 17.1 Å². The molecule has 0 bridgehead atoms. The second kappa shape index (κ2) is 5.86. The molecule has 2 heterocycles. The first kappa shape index (κ1) is 15.3. The number of nitrogens with two attached hydrogens (primary N) is 1. The highest BCUT2D eigenvalue weighted by Gasteiger charge is 2.28. The Kier molecular flexibility index (Phi) is 4.06. The number of hydrogen-bond donors (Lipinski definition) is 1. The van der Waals surface area contributed by atoms with Crippen molar-refractivity contribution in [3.05, 3.63) is 12.0 Å². The Morgan fingerprint density at radius 3 is 2.36 bits per heavy atom. The second-order valence-corrected chi connectivity index (χ2v) is 7.25. The van der Waals surface area contributed by atoms with Crippen molar-refractivity contribution in [2.75, 3.05) is 5.73 Å². The fourth-order valence-electron chi connectivity index (χ4n) is 3.69. The van der Waals surface area contributed by atoms with Crippen LogP contribution < -0.4 is 5.73 Å². The zero-order chi connectivity index (χ0) is 15.9. The molecule has 22 heavy (non-hydrogen) atoms. The standard InChI is InChI=1S/C17H27N5/c1-10(2)12-5-7-13(8-6-12)22-17-14(15(21-22)11(3)4)16(18)19-9-20-17/h9-13H,5-8H2,1-4H3,(H2,18,19,20). The molecule has 1 saturated carbocycles. The van der Waals surface area contributed by atoms with Crippen molar-refractivity contribution in [1.82, 2.24) is 19.7 Å². The van der Waals surface area contributed by atoms with Crippen molar-refractivity contribution < 1.29 is 0 Å². The molecule has 2 N–H and O–H groups in total. The lowest BCUT2D eigenvalue weighted by Crippen LogP contribution is -2.22. The molecule has 2 aromatic heterocycles. The van der Waals surface area contributed by atoms with Crippen molar-refractivity contribution in [3.8, 4) is 0 Å². The van der Waals surface area contributed by atoms with E-state index in [0.29, 0.717) is 17.8 Å². The zero-order valence-corrected chi connectivity index (χ0v) is 14.1. The normalized spacial score (nSPS) is 22.8. The predicted octanol–water partition coefficient (Wildman–Crippen LogP) is 3.92. The summed E-state index contributed by atoms with van der Waals surface area (Å²) < 4.78 is 2.12. The molecular weight excluding hydrogens is 274 g/mol. The smallest absolute Gasteiger partial charge is 0.163 e. The minimum absolute atomic E-state index is 0.323. The lowest BCUT2D eigenvalue weighted by atomic mass is 9.80. The largest absolute Gasteiger partial charge is 0.383 e. The Bertz CT molecular complexity index is 650. The highest BCUT2D eigenvalue weighted by atomic mass is 15.3. The molecule has 5 heteroatoms. The Morgan fingerprint density at radius 1 is 1.09 bits per heavy atom. The van der Waals surface area contributed by atoms with Crippen molar-refractivity contribution >= 4 is 16.9 Å². The number of aromatic nitrogens is 4. The van der Waals surface area contributed by atoms with E-state index in [1.54, 1.807) is 6.33 Å². The van der Waals surface area contributed by atoms with E-state index in [2.05, 4.69) is 42.3 Å². The summed E-state index contributed by atoms with van der Waals surface area (Å²) in [7, 11) is 0. The van der Waals surface area contributed by atoms with Crippen LogP contribution in [-0.2, 0) is 0 Å². The van der Waals surface area contributed by atoms with Gasteiger partial charge in [0.2, 0.25) is 0 Å². The molecule has 1 aliphatic carbocycles. The molecule has 0 saturated heterocycles. The van der Waals surface area contributed by atoms with Gasteiger partial charge in [0.15, 0.2) is 5.65 Å². The topological polar surface area (TPSA) is 69.6 Å². The third kappa shape index (κ3) is 2.57. The number of nitrogens with zero attached hydrogens (tertiary/aromatic N) is 4. The summed E-state index contributed by atoms with van der Waals surface area (Å²) >= 11 is 0. The molecular formula is C17H27N5. The molecule has 0 radical (unpaired) electrons. The minimum Gasteiger partial charge on any atom is -0.383 e. The van der Waals surface area contributed by atoms with Crippen LogP contribution in [0.4, 0.5) is 5.82 Å². The summed E-state index contributed by atoms with van der Waals surface area (Å²) in [6.07, 6.45) is 6.48. The fourth-order valence-corrected chi connectivity index (χ4v) is 3.69. The molecule has 0 amide bonds. The Morgan fingerprint density at radius 2 is 1.77 bits per heavy atom. The van der Waals surface area contributed by atoms with E-state index in [1.165, 1.54) is 25.7 Å². The van der Waals surface area contributed by atoms with Gasteiger partial charge in [-0.2, -0.15) is 5.10 Å². The molecule has 120 valence electrons. The lowest BCUT2D eigenvalue weighted by molar-refractivity contribution is 0.219. The van der Waals surface area contributed by atoms with E-state index in [4.69, 9.17) is 10.8 Å². The van der Waals surface area contributed by atoms with Gasteiger partial charge in [-0.15, -0.1) is 0 Å². The van der Waals surface area contributed by atoms with Gasteiger partial charge in [-0.05, 0) is 43.4 Å². The van der Waals surface area contributed by atoms with Gasteiger partial charge < -0.3 is 5.73 Å². The van der Waals surface area contributed by atoms with Gasteiger partial charge in [0.1, 0.15) is 12.1 Å². The molecule has 0 aliphatic heterocycles. The van der Waals surface area contributed by atoms with Crippen molar-refractivity contribution in [2.45, 2.75) is 65.3 Å². The maximum absolute atomic E-state index is 6.10. The van der Waals surface area contributed by atoms with Crippen LogP contribution in [0, 0.1) is 11.8 Å². The molecule has 5 nitrogen and oxygen atoms in total. The van der Waals surface area contributed by atoms with Crippen LogP contribution in [0.1, 0.15) is 71.0 Å². The van der Waals surface area contributed by atoms with Gasteiger partial charge in [-0.3, -0.25) is 0 Å². The third-order valence-corrected chi connectivity index (χ3v) is 5.12. The van der Waals surface area contributed by atoms with Crippen LogP contribution in [0.5, 0.6) is 0 Å². The Labute approximate surface area is 132 Å². The highest BCUT2D eigenvalue weighted by Crippen LogP contribution is 2.38. The van der Waals surface area contributed by atoms with Gasteiger partial charge >= 0.3 is 0 Å². The summed E-state index contributed by atoms with van der Waals surface area (Å²) in [6, 6.07) is 0.444. The Hall–Kier alpha value is -1.65. The molecule has 1 aliphatic rings. The molecule has 2 aromatic rings. The van der Waals surface area contributed by atoms with E-state index in [0.717, 1.165) is 28.6 Å². The van der Waals surface area contributed by atoms with E-state index in [9.17, 15) is 0 Å². The fraction of sp³-hybridized carbons (Fsp3) is 0.706. The van der Waals surface area contributed by atoms with Crippen LogP contribution in [0.15, 0.2) is 6.33 Å². The average molecular weight is 301 g/mol. The van der Waals surface area contributed by atoms with Crippen molar-refractivity contribution in [2.24, 2.45) is 11.8 Å². The molecule has 0 atom stereocenters. The average Bonchev–Trinajstić information content (AvgIpc) is 2.88. The van der Waals surface area contributed by atoms with Crippen molar-refractivity contribution in [3.63, 3.8) is 0 Å². The van der Waals surface area contributed by atoms with E-state index < -0.39 is 0 Å². The molecule has 0 spiro atoms. The van der Waals surface area contributed by atoms with Gasteiger partial charge in [0, 0.05) is 0 Å². The van der Waals surface area contributed by atoms with Crippen LogP contribution in [0.25, 0.3) is 11.0 Å². The number of rotatable bonds is 3. The van der Waals surface area contributed by atoms with Crippen molar-refractivity contribution in [1.29, 1.82) is 0 Å². The third-order valence-electron chi connectivity index (χ3n) is 5.12. The van der Waals surface area contributed by atoms with Crippen LogP contribution >= 0.6 is 0 Å². The van der Waals surface area contributed by atoms with E-state index in [1.807, 2.05) is 0 Å². The number of hydrogen-bond acceptors (Lipinski definition) is 4. The molecule has 0 aromatic carbocycles. The lowest BCUT2D eigenvalue weighted by Gasteiger charge is -2.31. The maximum Gasteiger partial charge on any atom is 0.163 e. The van der Waals surface area contributed by atoms with Gasteiger partial charge in [0.25, 0.3) is 0 Å². The predicted molar refractivity (Wildman–Crippen MR) is 89.7 cm³/mol. The Balaban J connectivity index is 1.97. The summed E-state index contributed by atoms with van der Waals surface area (Å²) in [5.41, 5.74) is 8.03. The summed E-state index contributed by atoms with van der Waals surface area (Å²) in [5, 5.41) is 5.83. The summed E-state index contributed by atoms with van der Waals surface area (Å²) in [6.45, 7) is 8.96. The summed E-state index contributed by atoms with van der Waals surface area (Å²) in [4.78, 5) is 8.64. The number of anilines is 1. The highest BCUT2D eigenvalue weighted by molar-refractivity contribution is 5.88. The number of nitrogen functional groups attached to an aromatic ring is 1. The minimum atomic E-state index is 0.323. The maximum atomic E-state index is 6.10. The molecule has 0 unspecified atom stereocenters. The van der Waals surface area contributed by atoms with Crippen LogP contribution in [0.2, 0.25) is 0 Å². The first-order valence-corrected chi connectivity index (χ1v) is 8.47. The molecule has 1 fully saturated rings. The van der Waals surface area contributed by atoms with Crippen LogP contribution in [-0.4, -0.2) is 19.7 Å². The summed E-state index contributed by atoms with van der Waals surface area (Å²) in [5.74, 6) is 2.50. The first-order valence-electron chi connectivity index (χ1n) is 8.47. The molecule has 3 rings (SSSR count). The van der Waals surface area contributed by atoms with E-state index in [-0.39, 0.29) is 0 Å². The van der Waals surface area contributed by atoms with Gasteiger partial charge in [-0.25, -0.2) is 14.6 Å². The van der Waals surface area contributed by atoms with E-state index >= 15 is 0 Å². The second-order valence-electron chi connectivity index (χ2n) is 7.25.